The lowest BCUT2D eigenvalue weighted by atomic mass is 10.1. The number of carbonyl (C=O) groups excluding carboxylic acids is 2. The highest BCUT2D eigenvalue weighted by molar-refractivity contribution is 5.97. The summed E-state index contributed by atoms with van der Waals surface area (Å²) in [7, 11) is 1.38. The average molecular weight is 299 g/mol. The van der Waals surface area contributed by atoms with Gasteiger partial charge in [-0.15, -0.1) is 0 Å². The van der Waals surface area contributed by atoms with Crippen LogP contribution in [0.1, 0.15) is 36.8 Å². The van der Waals surface area contributed by atoms with E-state index >= 15 is 0 Å². The number of allylic oxidation sites excluding steroid dienone is 2. The maximum atomic E-state index is 12.1. The zero-order chi connectivity index (χ0) is 16.3. The SMILES string of the molecule is COC(=O)Cc1c(CC=C(C)C)n(C(C)=O)c2ccccc12. The summed E-state index contributed by atoms with van der Waals surface area (Å²) in [5.74, 6) is -0.352. The number of carbonyl (C=O) groups is 2. The number of para-hydroxylation sites is 1. The van der Waals surface area contributed by atoms with Gasteiger partial charge in [0.25, 0.3) is 0 Å². The Morgan fingerprint density at radius 2 is 1.86 bits per heavy atom. The van der Waals surface area contributed by atoms with Crippen LogP contribution in [0.5, 0.6) is 0 Å². The van der Waals surface area contributed by atoms with E-state index in [1.807, 2.05) is 38.1 Å². The molecular formula is C18H21NO3. The standard InChI is InChI=1S/C18H21NO3/c1-12(2)9-10-17-15(11-18(21)22-4)14-7-5-6-8-16(14)19(17)13(3)20/h5-9H,10-11H2,1-4H3. The van der Waals surface area contributed by atoms with E-state index in [0.29, 0.717) is 6.42 Å². The van der Waals surface area contributed by atoms with Gasteiger partial charge in [-0.2, -0.15) is 0 Å². The van der Waals surface area contributed by atoms with Crippen LogP contribution in [0.4, 0.5) is 0 Å². The molecular weight excluding hydrogens is 278 g/mol. The van der Waals surface area contributed by atoms with Gasteiger partial charge in [-0.3, -0.25) is 14.2 Å². The van der Waals surface area contributed by atoms with Crippen molar-refractivity contribution in [3.05, 3.63) is 47.2 Å². The predicted molar refractivity (Wildman–Crippen MR) is 87.1 cm³/mol. The number of esters is 1. The molecule has 0 saturated carbocycles. The summed E-state index contributed by atoms with van der Waals surface area (Å²) in [6.07, 6.45) is 2.85. The number of ether oxygens (including phenoxy) is 1. The molecule has 0 aliphatic rings. The minimum absolute atomic E-state index is 0.0514. The van der Waals surface area contributed by atoms with Crippen molar-refractivity contribution in [2.24, 2.45) is 0 Å². The van der Waals surface area contributed by atoms with Gasteiger partial charge < -0.3 is 4.74 Å². The van der Waals surface area contributed by atoms with E-state index in [1.54, 1.807) is 11.5 Å². The Hall–Kier alpha value is -2.36. The molecule has 1 heterocycles. The topological polar surface area (TPSA) is 48.3 Å². The van der Waals surface area contributed by atoms with E-state index in [4.69, 9.17) is 4.74 Å². The zero-order valence-electron chi connectivity index (χ0n) is 13.5. The fourth-order valence-corrected chi connectivity index (χ4v) is 2.65. The third kappa shape index (κ3) is 3.11. The van der Waals surface area contributed by atoms with Gasteiger partial charge in [-0.1, -0.05) is 29.8 Å². The van der Waals surface area contributed by atoms with Gasteiger partial charge in [-0.25, -0.2) is 0 Å². The van der Waals surface area contributed by atoms with Crippen LogP contribution in [0.3, 0.4) is 0 Å². The maximum absolute atomic E-state index is 12.1. The second-order valence-electron chi connectivity index (χ2n) is 5.54. The Morgan fingerprint density at radius 1 is 1.18 bits per heavy atom. The number of fused-ring (bicyclic) bond motifs is 1. The largest absolute Gasteiger partial charge is 0.469 e. The number of nitrogens with zero attached hydrogens (tertiary/aromatic N) is 1. The average Bonchev–Trinajstić information content (AvgIpc) is 2.79. The van der Waals surface area contributed by atoms with Crippen LogP contribution < -0.4 is 0 Å². The molecule has 4 heteroatoms. The molecule has 1 aromatic heterocycles. The van der Waals surface area contributed by atoms with Gasteiger partial charge in [0.2, 0.25) is 5.91 Å². The van der Waals surface area contributed by atoms with Gasteiger partial charge >= 0.3 is 5.97 Å². The minimum atomic E-state index is -0.301. The van der Waals surface area contributed by atoms with Crippen molar-refractivity contribution >= 4 is 22.8 Å². The van der Waals surface area contributed by atoms with Crippen LogP contribution in [0, 0.1) is 0 Å². The molecule has 2 rings (SSSR count). The zero-order valence-corrected chi connectivity index (χ0v) is 13.5. The number of methoxy groups -OCH3 is 1. The van der Waals surface area contributed by atoms with Crippen molar-refractivity contribution in [3.8, 4) is 0 Å². The first-order chi connectivity index (χ1) is 10.5. The third-order valence-corrected chi connectivity index (χ3v) is 3.66. The summed E-state index contributed by atoms with van der Waals surface area (Å²) in [6, 6.07) is 7.66. The van der Waals surface area contributed by atoms with Crippen LogP contribution in [0.2, 0.25) is 0 Å². The molecule has 0 atom stereocenters. The van der Waals surface area contributed by atoms with Crippen LogP contribution in [-0.4, -0.2) is 23.6 Å². The molecule has 0 aliphatic heterocycles. The molecule has 0 radical (unpaired) electrons. The molecule has 0 amide bonds. The lowest BCUT2D eigenvalue weighted by Crippen LogP contribution is -2.12. The van der Waals surface area contributed by atoms with Gasteiger partial charge in [0, 0.05) is 24.4 Å². The Balaban J connectivity index is 2.71. The van der Waals surface area contributed by atoms with E-state index < -0.39 is 0 Å². The normalized spacial score (nSPS) is 10.5. The number of hydrogen-bond acceptors (Lipinski definition) is 3. The summed E-state index contributed by atoms with van der Waals surface area (Å²) in [5, 5.41) is 0.931. The second kappa shape index (κ2) is 6.60. The van der Waals surface area contributed by atoms with Crippen molar-refractivity contribution in [1.82, 2.24) is 4.57 Å². The fraction of sp³-hybridized carbons (Fsp3) is 0.333. The molecule has 1 aromatic carbocycles. The molecule has 116 valence electrons. The highest BCUT2D eigenvalue weighted by atomic mass is 16.5. The molecule has 0 aliphatic carbocycles. The molecule has 0 bridgehead atoms. The van der Waals surface area contributed by atoms with Gasteiger partial charge in [0.1, 0.15) is 0 Å². The first-order valence-corrected chi connectivity index (χ1v) is 7.28. The Labute approximate surface area is 130 Å². The Bertz CT molecular complexity index is 749. The van der Waals surface area contributed by atoms with Crippen molar-refractivity contribution in [2.75, 3.05) is 7.11 Å². The predicted octanol–water partition coefficient (Wildman–Crippen LogP) is 3.53. The molecule has 0 fully saturated rings. The van der Waals surface area contributed by atoms with E-state index in [2.05, 4.69) is 6.08 Å². The molecule has 0 unspecified atom stereocenters. The summed E-state index contributed by atoms with van der Waals surface area (Å²) in [5.41, 5.74) is 3.74. The van der Waals surface area contributed by atoms with E-state index in [1.165, 1.54) is 12.7 Å². The maximum Gasteiger partial charge on any atom is 0.310 e. The highest BCUT2D eigenvalue weighted by Gasteiger charge is 2.20. The van der Waals surface area contributed by atoms with E-state index in [-0.39, 0.29) is 18.3 Å². The molecule has 22 heavy (non-hydrogen) atoms. The number of aromatic nitrogens is 1. The van der Waals surface area contributed by atoms with E-state index in [9.17, 15) is 9.59 Å². The first kappa shape index (κ1) is 16.0. The summed E-state index contributed by atoms with van der Waals surface area (Å²) in [4.78, 5) is 23.9. The highest BCUT2D eigenvalue weighted by Crippen LogP contribution is 2.28. The quantitative estimate of drug-likeness (QED) is 0.641. The second-order valence-corrected chi connectivity index (χ2v) is 5.54. The van der Waals surface area contributed by atoms with Crippen molar-refractivity contribution < 1.29 is 14.3 Å². The summed E-state index contributed by atoms with van der Waals surface area (Å²) in [6.45, 7) is 5.57. The monoisotopic (exact) mass is 299 g/mol. The fourth-order valence-electron chi connectivity index (χ4n) is 2.65. The first-order valence-electron chi connectivity index (χ1n) is 7.28. The van der Waals surface area contributed by atoms with Gasteiger partial charge in [0.05, 0.1) is 19.0 Å². The van der Waals surface area contributed by atoms with Crippen molar-refractivity contribution in [1.29, 1.82) is 0 Å². The smallest absolute Gasteiger partial charge is 0.310 e. The lowest BCUT2D eigenvalue weighted by Gasteiger charge is -2.07. The Morgan fingerprint density at radius 3 is 2.45 bits per heavy atom. The van der Waals surface area contributed by atoms with Crippen molar-refractivity contribution in [2.45, 2.75) is 33.6 Å². The number of rotatable bonds is 4. The van der Waals surface area contributed by atoms with Crippen LogP contribution >= 0.6 is 0 Å². The van der Waals surface area contributed by atoms with E-state index in [0.717, 1.165) is 22.2 Å². The number of benzene rings is 1. The summed E-state index contributed by atoms with van der Waals surface area (Å²) >= 11 is 0. The minimum Gasteiger partial charge on any atom is -0.469 e. The van der Waals surface area contributed by atoms with Gasteiger partial charge in [0.15, 0.2) is 0 Å². The van der Waals surface area contributed by atoms with Crippen LogP contribution in [0.25, 0.3) is 10.9 Å². The van der Waals surface area contributed by atoms with Crippen LogP contribution in [-0.2, 0) is 22.4 Å². The number of hydrogen-bond donors (Lipinski definition) is 0. The molecule has 2 aromatic rings. The van der Waals surface area contributed by atoms with Crippen molar-refractivity contribution in [3.63, 3.8) is 0 Å². The third-order valence-electron chi connectivity index (χ3n) is 3.66. The molecule has 4 nitrogen and oxygen atoms in total. The molecule has 0 saturated heterocycles. The summed E-state index contributed by atoms with van der Waals surface area (Å²) < 4.78 is 6.51. The lowest BCUT2D eigenvalue weighted by molar-refractivity contribution is -0.139. The van der Waals surface area contributed by atoms with Crippen LogP contribution in [0.15, 0.2) is 35.9 Å². The van der Waals surface area contributed by atoms with Gasteiger partial charge in [-0.05, 0) is 25.5 Å². The molecule has 0 N–H and O–H groups in total. The Kier molecular flexibility index (Phi) is 4.81. The molecule has 0 spiro atoms.